The van der Waals surface area contributed by atoms with Gasteiger partial charge in [0, 0.05) is 30.7 Å². The van der Waals surface area contributed by atoms with Crippen molar-refractivity contribution in [2.24, 2.45) is 5.92 Å². The second-order valence-corrected chi connectivity index (χ2v) is 5.55. The van der Waals surface area contributed by atoms with Crippen LogP contribution in [0.1, 0.15) is 32.8 Å². The molecule has 1 aromatic carbocycles. The highest BCUT2D eigenvalue weighted by atomic mass is 15.0. The summed E-state index contributed by atoms with van der Waals surface area (Å²) in [6.07, 6.45) is 6.78. The molecular formula is C16H23N3. The van der Waals surface area contributed by atoms with E-state index in [1.165, 1.54) is 12.0 Å². The monoisotopic (exact) mass is 257 g/mol. The maximum absolute atomic E-state index is 4.06. The summed E-state index contributed by atoms with van der Waals surface area (Å²) in [5, 5.41) is 3.57. The van der Waals surface area contributed by atoms with E-state index in [9.17, 15) is 0 Å². The van der Waals surface area contributed by atoms with Crippen LogP contribution in [-0.2, 0) is 6.54 Å². The molecule has 0 aliphatic heterocycles. The minimum atomic E-state index is 0.563. The lowest BCUT2D eigenvalue weighted by Gasteiger charge is -2.16. The fourth-order valence-corrected chi connectivity index (χ4v) is 2.28. The van der Waals surface area contributed by atoms with Crippen LogP contribution in [0.3, 0.4) is 0 Å². The van der Waals surface area contributed by atoms with Crippen molar-refractivity contribution < 1.29 is 0 Å². The zero-order chi connectivity index (χ0) is 13.7. The highest BCUT2D eigenvalue weighted by molar-refractivity contribution is 5.34. The Morgan fingerprint density at radius 3 is 2.47 bits per heavy atom. The van der Waals surface area contributed by atoms with Crippen molar-refractivity contribution in [1.82, 2.24) is 14.9 Å². The lowest BCUT2D eigenvalue weighted by atomic mass is 10.1. The van der Waals surface area contributed by atoms with Crippen LogP contribution in [0.15, 0.2) is 43.0 Å². The number of imidazole rings is 1. The summed E-state index contributed by atoms with van der Waals surface area (Å²) in [7, 11) is 0. The molecule has 2 aromatic rings. The number of rotatable bonds is 6. The van der Waals surface area contributed by atoms with Crippen molar-refractivity contribution >= 4 is 0 Å². The molecule has 0 aliphatic rings. The molecule has 0 bridgehead atoms. The molecule has 3 heteroatoms. The molecule has 0 radical (unpaired) electrons. The summed E-state index contributed by atoms with van der Waals surface area (Å²) in [6.45, 7) is 7.70. The van der Waals surface area contributed by atoms with Crippen molar-refractivity contribution in [2.45, 2.75) is 39.8 Å². The minimum absolute atomic E-state index is 0.563. The Bertz CT molecular complexity index is 471. The van der Waals surface area contributed by atoms with Gasteiger partial charge in [-0.15, -0.1) is 0 Å². The average molecular weight is 257 g/mol. The van der Waals surface area contributed by atoms with Gasteiger partial charge < -0.3 is 9.88 Å². The van der Waals surface area contributed by atoms with E-state index >= 15 is 0 Å². The zero-order valence-electron chi connectivity index (χ0n) is 12.0. The summed E-state index contributed by atoms with van der Waals surface area (Å²) in [6, 6.07) is 9.17. The molecule has 0 aliphatic carbocycles. The molecule has 0 fully saturated rings. The van der Waals surface area contributed by atoms with Gasteiger partial charge in [-0.3, -0.25) is 0 Å². The molecule has 0 spiro atoms. The summed E-state index contributed by atoms with van der Waals surface area (Å²) in [4.78, 5) is 4.06. The van der Waals surface area contributed by atoms with Crippen LogP contribution in [0.25, 0.3) is 5.69 Å². The SMILES string of the molecule is CC(C)CC(C)NCc1ccc(-n2ccnc2)cc1. The van der Waals surface area contributed by atoms with E-state index in [1.807, 2.05) is 17.1 Å². The third-order valence-electron chi connectivity index (χ3n) is 3.22. The third kappa shape index (κ3) is 4.21. The van der Waals surface area contributed by atoms with E-state index in [0.717, 1.165) is 18.2 Å². The first-order valence-electron chi connectivity index (χ1n) is 6.96. The Hall–Kier alpha value is -1.61. The summed E-state index contributed by atoms with van der Waals surface area (Å²) in [5.74, 6) is 0.742. The lowest BCUT2D eigenvalue weighted by Crippen LogP contribution is -2.26. The molecule has 1 N–H and O–H groups in total. The normalized spacial score (nSPS) is 12.8. The van der Waals surface area contributed by atoms with Crippen LogP contribution >= 0.6 is 0 Å². The van der Waals surface area contributed by atoms with Gasteiger partial charge in [-0.05, 0) is 37.0 Å². The van der Waals surface area contributed by atoms with Crippen molar-refractivity contribution in [3.05, 3.63) is 48.5 Å². The van der Waals surface area contributed by atoms with E-state index in [0.29, 0.717) is 6.04 Å². The predicted molar refractivity (Wildman–Crippen MR) is 79.3 cm³/mol. The molecule has 1 aromatic heterocycles. The summed E-state index contributed by atoms with van der Waals surface area (Å²) < 4.78 is 2.01. The van der Waals surface area contributed by atoms with Gasteiger partial charge in [0.1, 0.15) is 0 Å². The average Bonchev–Trinajstić information content (AvgIpc) is 2.90. The van der Waals surface area contributed by atoms with Gasteiger partial charge in [0.2, 0.25) is 0 Å². The predicted octanol–water partition coefficient (Wildman–Crippen LogP) is 3.40. The van der Waals surface area contributed by atoms with E-state index in [2.05, 4.69) is 55.3 Å². The van der Waals surface area contributed by atoms with Crippen LogP contribution < -0.4 is 5.32 Å². The summed E-state index contributed by atoms with van der Waals surface area (Å²) >= 11 is 0. The highest BCUT2D eigenvalue weighted by Crippen LogP contribution is 2.10. The van der Waals surface area contributed by atoms with Crippen LogP contribution in [0.4, 0.5) is 0 Å². The van der Waals surface area contributed by atoms with E-state index in [-0.39, 0.29) is 0 Å². The molecule has 1 atom stereocenters. The standard InChI is InChI=1S/C16H23N3/c1-13(2)10-14(3)18-11-15-4-6-16(7-5-15)19-9-8-17-12-19/h4-9,12-14,18H,10-11H2,1-3H3. The van der Waals surface area contributed by atoms with Crippen molar-refractivity contribution in [3.8, 4) is 5.69 Å². The largest absolute Gasteiger partial charge is 0.310 e. The Labute approximate surface area is 115 Å². The fourth-order valence-electron chi connectivity index (χ4n) is 2.28. The van der Waals surface area contributed by atoms with Gasteiger partial charge >= 0.3 is 0 Å². The van der Waals surface area contributed by atoms with Gasteiger partial charge in [0.05, 0.1) is 6.33 Å². The topological polar surface area (TPSA) is 29.9 Å². The Balaban J connectivity index is 1.89. The lowest BCUT2D eigenvalue weighted by molar-refractivity contribution is 0.441. The number of hydrogen-bond donors (Lipinski definition) is 1. The molecule has 0 saturated carbocycles. The van der Waals surface area contributed by atoms with Gasteiger partial charge in [0.25, 0.3) is 0 Å². The van der Waals surface area contributed by atoms with Crippen molar-refractivity contribution in [3.63, 3.8) is 0 Å². The first-order chi connectivity index (χ1) is 9.15. The molecule has 0 amide bonds. The molecule has 19 heavy (non-hydrogen) atoms. The number of nitrogens with one attached hydrogen (secondary N) is 1. The first-order valence-corrected chi connectivity index (χ1v) is 6.96. The van der Waals surface area contributed by atoms with Crippen LogP contribution in [-0.4, -0.2) is 15.6 Å². The Morgan fingerprint density at radius 2 is 1.89 bits per heavy atom. The molecule has 102 valence electrons. The second-order valence-electron chi connectivity index (χ2n) is 5.55. The van der Waals surface area contributed by atoms with Crippen LogP contribution in [0.5, 0.6) is 0 Å². The second kappa shape index (κ2) is 6.53. The quantitative estimate of drug-likeness (QED) is 0.859. The van der Waals surface area contributed by atoms with Crippen LogP contribution in [0, 0.1) is 5.92 Å². The van der Waals surface area contributed by atoms with Crippen molar-refractivity contribution in [2.75, 3.05) is 0 Å². The van der Waals surface area contributed by atoms with E-state index in [4.69, 9.17) is 0 Å². The van der Waals surface area contributed by atoms with Crippen LogP contribution in [0.2, 0.25) is 0 Å². The zero-order valence-corrected chi connectivity index (χ0v) is 12.0. The third-order valence-corrected chi connectivity index (χ3v) is 3.22. The van der Waals surface area contributed by atoms with E-state index in [1.54, 1.807) is 6.20 Å². The Kier molecular flexibility index (Phi) is 4.74. The minimum Gasteiger partial charge on any atom is -0.310 e. The molecule has 0 saturated heterocycles. The Morgan fingerprint density at radius 1 is 1.16 bits per heavy atom. The van der Waals surface area contributed by atoms with Crippen molar-refractivity contribution in [1.29, 1.82) is 0 Å². The molecule has 2 rings (SSSR count). The molecule has 1 heterocycles. The maximum Gasteiger partial charge on any atom is 0.0991 e. The maximum atomic E-state index is 4.06. The van der Waals surface area contributed by atoms with Gasteiger partial charge in [0.15, 0.2) is 0 Å². The first kappa shape index (κ1) is 13.8. The fraction of sp³-hybridized carbons (Fsp3) is 0.438. The number of hydrogen-bond acceptors (Lipinski definition) is 2. The molecule has 1 unspecified atom stereocenters. The number of nitrogens with zero attached hydrogens (tertiary/aromatic N) is 2. The molecule has 3 nitrogen and oxygen atoms in total. The highest BCUT2D eigenvalue weighted by Gasteiger charge is 2.04. The van der Waals surface area contributed by atoms with E-state index < -0.39 is 0 Å². The van der Waals surface area contributed by atoms with Gasteiger partial charge in [-0.25, -0.2) is 4.98 Å². The smallest absolute Gasteiger partial charge is 0.0991 e. The van der Waals surface area contributed by atoms with Gasteiger partial charge in [-0.2, -0.15) is 0 Å². The molecular weight excluding hydrogens is 234 g/mol. The number of benzene rings is 1. The number of aromatic nitrogens is 2. The summed E-state index contributed by atoms with van der Waals surface area (Å²) in [5.41, 5.74) is 2.47. The van der Waals surface area contributed by atoms with Gasteiger partial charge in [-0.1, -0.05) is 26.0 Å².